The number of pyridine rings is 1. The van der Waals surface area contributed by atoms with Crippen LogP contribution in [0.15, 0.2) is 40.5 Å². The number of aromatic nitrogens is 1. The molecular formula is C27H34N6O4. The largest absolute Gasteiger partial charge is 0.496 e. The molecular weight excluding hydrogens is 472 g/mol. The van der Waals surface area contributed by atoms with E-state index in [0.717, 1.165) is 30.4 Å². The van der Waals surface area contributed by atoms with Crippen LogP contribution in [0.2, 0.25) is 0 Å². The minimum absolute atomic E-state index is 0.00754. The minimum atomic E-state index is -0.338. The maximum atomic E-state index is 13.2. The zero-order valence-corrected chi connectivity index (χ0v) is 21.5. The summed E-state index contributed by atoms with van der Waals surface area (Å²) in [6.07, 6.45) is 7.11. The zero-order valence-electron chi connectivity index (χ0n) is 21.5. The number of amides is 3. The van der Waals surface area contributed by atoms with Gasteiger partial charge in [-0.3, -0.25) is 4.79 Å². The fourth-order valence-electron chi connectivity index (χ4n) is 4.32. The van der Waals surface area contributed by atoms with E-state index < -0.39 is 0 Å². The quantitative estimate of drug-likeness (QED) is 0.333. The van der Waals surface area contributed by atoms with Gasteiger partial charge in [0.25, 0.3) is 5.91 Å². The van der Waals surface area contributed by atoms with Crippen molar-refractivity contribution in [3.8, 4) is 5.75 Å². The fourth-order valence-corrected chi connectivity index (χ4v) is 4.32. The van der Waals surface area contributed by atoms with E-state index in [9.17, 15) is 9.59 Å². The van der Waals surface area contributed by atoms with Crippen molar-refractivity contribution in [2.45, 2.75) is 39.2 Å². The van der Waals surface area contributed by atoms with Crippen LogP contribution in [0.4, 0.5) is 10.6 Å². The van der Waals surface area contributed by atoms with Crippen molar-refractivity contribution in [1.29, 1.82) is 0 Å². The van der Waals surface area contributed by atoms with E-state index in [1.807, 2.05) is 21.9 Å². The highest BCUT2D eigenvalue weighted by molar-refractivity contribution is 6.06. The summed E-state index contributed by atoms with van der Waals surface area (Å²) in [6, 6.07) is 9.03. The molecule has 10 heteroatoms. The molecule has 1 N–H and O–H groups in total. The van der Waals surface area contributed by atoms with Crippen molar-refractivity contribution in [3.63, 3.8) is 0 Å². The number of fused-ring (bicyclic) bond motifs is 1. The van der Waals surface area contributed by atoms with Crippen LogP contribution in [-0.4, -0.2) is 79.1 Å². The molecule has 0 atom stereocenters. The van der Waals surface area contributed by atoms with Gasteiger partial charge in [-0.1, -0.05) is 19.4 Å². The highest BCUT2D eigenvalue weighted by Gasteiger charge is 2.28. The van der Waals surface area contributed by atoms with Gasteiger partial charge in [-0.2, -0.15) is 10.2 Å². The van der Waals surface area contributed by atoms with Crippen LogP contribution < -0.4 is 10.1 Å². The van der Waals surface area contributed by atoms with Crippen molar-refractivity contribution < 1.29 is 19.1 Å². The highest BCUT2D eigenvalue weighted by Crippen LogP contribution is 2.29. The molecule has 4 rings (SSSR count). The number of morpholine rings is 1. The van der Waals surface area contributed by atoms with Crippen molar-refractivity contribution in [3.05, 3.63) is 52.7 Å². The molecule has 2 aliphatic heterocycles. The van der Waals surface area contributed by atoms with Crippen LogP contribution in [-0.2, 0) is 17.7 Å². The Morgan fingerprint density at radius 3 is 2.76 bits per heavy atom. The zero-order chi connectivity index (χ0) is 26.0. The number of anilines is 1. The lowest BCUT2D eigenvalue weighted by Crippen LogP contribution is -2.49. The Bertz CT molecular complexity index is 1160. The number of unbranched alkanes of at least 4 members (excludes halogenated alkanes) is 2. The first-order valence-electron chi connectivity index (χ1n) is 12.7. The average molecular weight is 507 g/mol. The summed E-state index contributed by atoms with van der Waals surface area (Å²) in [6.45, 7) is 5.51. The third-order valence-electron chi connectivity index (χ3n) is 6.37. The number of carbonyl (C=O) groups is 2. The summed E-state index contributed by atoms with van der Waals surface area (Å²) in [5, 5.41) is 10.9. The molecule has 0 radical (unpaired) electrons. The van der Waals surface area contributed by atoms with Crippen molar-refractivity contribution in [1.82, 2.24) is 14.8 Å². The lowest BCUT2D eigenvalue weighted by atomic mass is 9.96. The van der Waals surface area contributed by atoms with Crippen LogP contribution in [0.25, 0.3) is 0 Å². The van der Waals surface area contributed by atoms with Gasteiger partial charge < -0.3 is 24.6 Å². The van der Waals surface area contributed by atoms with Crippen LogP contribution in [0.1, 0.15) is 53.4 Å². The molecule has 1 fully saturated rings. The Hall–Kier alpha value is -3.79. The molecule has 3 heterocycles. The van der Waals surface area contributed by atoms with Gasteiger partial charge >= 0.3 is 6.03 Å². The van der Waals surface area contributed by atoms with Gasteiger partial charge in [-0.05, 0) is 54.7 Å². The highest BCUT2D eigenvalue weighted by atomic mass is 16.5. The van der Waals surface area contributed by atoms with Gasteiger partial charge in [0.1, 0.15) is 11.6 Å². The van der Waals surface area contributed by atoms with Gasteiger partial charge in [-0.25, -0.2) is 9.78 Å². The van der Waals surface area contributed by atoms with E-state index in [4.69, 9.17) is 9.47 Å². The molecule has 0 spiro atoms. The first kappa shape index (κ1) is 26.3. The smallest absolute Gasteiger partial charge is 0.320 e. The van der Waals surface area contributed by atoms with E-state index in [2.05, 4.69) is 27.4 Å². The summed E-state index contributed by atoms with van der Waals surface area (Å²) >= 11 is 0. The summed E-state index contributed by atoms with van der Waals surface area (Å²) < 4.78 is 10.9. The molecule has 0 unspecified atom stereocenters. The van der Waals surface area contributed by atoms with Gasteiger partial charge in [0.15, 0.2) is 0 Å². The lowest BCUT2D eigenvalue weighted by Gasteiger charge is -2.35. The van der Waals surface area contributed by atoms with E-state index >= 15 is 0 Å². The number of rotatable bonds is 8. The fraction of sp³-hybridized carbons (Fsp3) is 0.444. The average Bonchev–Trinajstić information content (AvgIpc) is 2.94. The van der Waals surface area contributed by atoms with Crippen molar-refractivity contribution in [2.24, 2.45) is 10.2 Å². The van der Waals surface area contributed by atoms with E-state index in [-0.39, 0.29) is 11.9 Å². The summed E-state index contributed by atoms with van der Waals surface area (Å²) in [5.74, 6) is 0.548. The molecule has 0 saturated carbocycles. The van der Waals surface area contributed by atoms with Crippen LogP contribution in [0.3, 0.4) is 0 Å². The van der Waals surface area contributed by atoms with E-state index in [1.165, 1.54) is 0 Å². The second-order valence-electron chi connectivity index (χ2n) is 8.96. The third kappa shape index (κ3) is 6.91. The number of hydrogen-bond donors (Lipinski definition) is 1. The standard InChI is InChI=1S/C27H34N6O4/c1-3-4-5-10-28-29-18-22-7-6-8-25(30-22)31-26(34)23-16-21-19-33(11-9-20(21)17-24(23)36-2)27(35)32-12-14-37-15-13-32/h6-8,10,16-18H,3-5,9,11-15,19H2,1-2H3,(H,30,31,34)/b28-10+,29-18+. The monoisotopic (exact) mass is 506 g/mol. The Balaban J connectivity index is 1.46. The van der Waals surface area contributed by atoms with Gasteiger partial charge in [0, 0.05) is 32.4 Å². The predicted molar refractivity (Wildman–Crippen MR) is 143 cm³/mol. The molecule has 0 bridgehead atoms. The molecule has 1 aromatic heterocycles. The maximum Gasteiger partial charge on any atom is 0.320 e. The van der Waals surface area contributed by atoms with E-state index in [1.54, 1.807) is 37.7 Å². The topological polar surface area (TPSA) is 109 Å². The second kappa shape index (κ2) is 13.0. The molecule has 1 aromatic carbocycles. The second-order valence-corrected chi connectivity index (χ2v) is 8.96. The van der Waals surface area contributed by atoms with Gasteiger partial charge in [0.05, 0.1) is 37.8 Å². The number of benzene rings is 1. The maximum absolute atomic E-state index is 13.2. The van der Waals surface area contributed by atoms with Crippen LogP contribution in [0, 0.1) is 0 Å². The Kier molecular flexibility index (Phi) is 9.20. The molecule has 0 aliphatic carbocycles. The molecule has 2 aromatic rings. The number of ether oxygens (including phenoxy) is 2. The number of nitrogens with one attached hydrogen (secondary N) is 1. The summed E-state index contributed by atoms with van der Waals surface area (Å²) in [7, 11) is 1.55. The third-order valence-corrected chi connectivity index (χ3v) is 6.37. The lowest BCUT2D eigenvalue weighted by molar-refractivity contribution is 0.0421. The van der Waals surface area contributed by atoms with Crippen LogP contribution >= 0.6 is 0 Å². The van der Waals surface area contributed by atoms with Crippen molar-refractivity contribution >= 4 is 30.2 Å². The van der Waals surface area contributed by atoms with Gasteiger partial charge in [-0.15, -0.1) is 0 Å². The normalized spacial score (nSPS) is 15.7. The molecule has 10 nitrogen and oxygen atoms in total. The minimum Gasteiger partial charge on any atom is -0.496 e. The molecule has 2 aliphatic rings. The Morgan fingerprint density at radius 2 is 1.97 bits per heavy atom. The molecule has 37 heavy (non-hydrogen) atoms. The van der Waals surface area contributed by atoms with Crippen LogP contribution in [0.5, 0.6) is 5.75 Å². The first-order chi connectivity index (χ1) is 18.1. The Labute approximate surface area is 217 Å². The number of urea groups is 1. The van der Waals surface area contributed by atoms with Crippen molar-refractivity contribution in [2.75, 3.05) is 45.3 Å². The molecule has 1 saturated heterocycles. The summed E-state index contributed by atoms with van der Waals surface area (Å²) in [5.41, 5.74) is 2.99. The SMILES string of the molecule is CCCC/C=N/N=C/c1cccc(NC(=O)c2cc3c(cc2OC)CCN(C(=O)N2CCOCC2)C3)n1. The number of hydrogen-bond acceptors (Lipinski definition) is 7. The number of methoxy groups -OCH3 is 1. The molecule has 196 valence electrons. The number of nitrogens with zero attached hydrogens (tertiary/aromatic N) is 5. The van der Waals surface area contributed by atoms with Gasteiger partial charge in [0.2, 0.25) is 0 Å². The van der Waals surface area contributed by atoms with E-state index in [0.29, 0.717) is 68.6 Å². The molecule has 3 amide bonds. The Morgan fingerprint density at radius 1 is 1.14 bits per heavy atom. The number of carbonyl (C=O) groups excluding carboxylic acids is 2. The first-order valence-corrected chi connectivity index (χ1v) is 12.7. The predicted octanol–water partition coefficient (Wildman–Crippen LogP) is 3.75. The summed E-state index contributed by atoms with van der Waals surface area (Å²) in [4.78, 5) is 34.3.